The van der Waals surface area contributed by atoms with E-state index < -0.39 is 11.9 Å². The molecule has 0 saturated carbocycles. The van der Waals surface area contributed by atoms with Crippen LogP contribution in [0.1, 0.15) is 27.7 Å². The zero-order valence-electron chi connectivity index (χ0n) is 14.8. The quantitative estimate of drug-likeness (QED) is 0.514. The van der Waals surface area contributed by atoms with Crippen LogP contribution in [0.5, 0.6) is 5.75 Å². The number of carbonyl (C=O) groups excluding carboxylic acids is 1. The van der Waals surface area contributed by atoms with Crippen molar-refractivity contribution in [2.75, 3.05) is 0 Å². The number of hydrogen-bond donors (Lipinski definition) is 3. The first kappa shape index (κ1) is 17.5. The second kappa shape index (κ2) is 7.36. The van der Waals surface area contributed by atoms with E-state index in [9.17, 15) is 14.7 Å². The maximum atomic E-state index is 12.8. The molecule has 0 radical (unpaired) electrons. The number of fused-ring (bicyclic) bond motifs is 1. The highest BCUT2D eigenvalue weighted by atomic mass is 16.3. The first-order valence-corrected chi connectivity index (χ1v) is 8.75. The van der Waals surface area contributed by atoms with Gasteiger partial charge in [-0.2, -0.15) is 5.10 Å². The maximum absolute atomic E-state index is 12.8. The van der Waals surface area contributed by atoms with Crippen LogP contribution < -0.4 is 10.9 Å². The van der Waals surface area contributed by atoms with Crippen LogP contribution in [-0.4, -0.2) is 21.2 Å². The van der Waals surface area contributed by atoms with Gasteiger partial charge in [-0.1, -0.05) is 60.7 Å². The molecule has 1 unspecified atom stereocenters. The van der Waals surface area contributed by atoms with Crippen molar-refractivity contribution in [1.82, 2.24) is 15.5 Å². The van der Waals surface area contributed by atoms with Gasteiger partial charge in [0.1, 0.15) is 11.4 Å². The first-order valence-electron chi connectivity index (χ1n) is 8.75. The van der Waals surface area contributed by atoms with Gasteiger partial charge in [-0.05, 0) is 28.5 Å². The number of rotatable bonds is 4. The zero-order chi connectivity index (χ0) is 19.5. The molecule has 3 N–H and O–H groups in total. The number of hydrogen-bond acceptors (Lipinski definition) is 4. The van der Waals surface area contributed by atoms with Crippen molar-refractivity contribution >= 4 is 16.7 Å². The normalized spacial score (nSPS) is 11.9. The summed E-state index contributed by atoms with van der Waals surface area (Å²) in [5, 5.41) is 21.4. The van der Waals surface area contributed by atoms with Gasteiger partial charge in [0.05, 0.1) is 6.04 Å². The van der Waals surface area contributed by atoms with Crippen molar-refractivity contribution in [3.05, 3.63) is 106 Å². The van der Waals surface area contributed by atoms with E-state index in [0.29, 0.717) is 5.56 Å². The number of aromatic nitrogens is 2. The topological polar surface area (TPSA) is 95.1 Å². The molecule has 0 aliphatic heterocycles. The number of H-pyrrole nitrogens is 1. The number of amides is 1. The largest absolute Gasteiger partial charge is 0.508 e. The fourth-order valence-corrected chi connectivity index (χ4v) is 3.23. The lowest BCUT2D eigenvalue weighted by molar-refractivity contribution is 0.0937. The van der Waals surface area contributed by atoms with Crippen molar-refractivity contribution in [2.24, 2.45) is 0 Å². The molecule has 1 atom stereocenters. The Balaban J connectivity index is 1.84. The van der Waals surface area contributed by atoms with Crippen LogP contribution in [0.25, 0.3) is 10.8 Å². The van der Waals surface area contributed by atoms with Crippen molar-refractivity contribution in [3.8, 4) is 5.75 Å². The molecule has 0 aliphatic carbocycles. The van der Waals surface area contributed by atoms with E-state index >= 15 is 0 Å². The minimum absolute atomic E-state index is 0.0836. The van der Waals surface area contributed by atoms with Gasteiger partial charge in [-0.15, -0.1) is 0 Å². The Morgan fingerprint density at radius 1 is 0.929 bits per heavy atom. The number of phenolic OH excluding ortho intramolecular Hbond substituents is 1. The summed E-state index contributed by atoms with van der Waals surface area (Å²) in [5.41, 5.74) is 1.11. The number of aromatic amines is 1. The fourth-order valence-electron chi connectivity index (χ4n) is 3.23. The smallest absolute Gasteiger partial charge is 0.272 e. The molecule has 0 bridgehead atoms. The predicted molar refractivity (Wildman–Crippen MR) is 106 cm³/mol. The molecule has 3 aromatic carbocycles. The third kappa shape index (κ3) is 3.35. The standard InChI is InChI=1S/C22H17N3O3/c26-18-12-10-14-6-4-5-9-16(14)20(18)21(15-7-2-1-3-8-15)23-22(28)17-11-13-19(27)25-24-17/h1-13,21,26H,(H,23,28)(H,25,27). The van der Waals surface area contributed by atoms with E-state index in [0.717, 1.165) is 16.3 Å². The van der Waals surface area contributed by atoms with Gasteiger partial charge in [0, 0.05) is 11.6 Å². The molecular weight excluding hydrogens is 354 g/mol. The molecule has 6 heteroatoms. The molecule has 4 rings (SSSR count). The number of aromatic hydroxyl groups is 1. The number of carbonyl (C=O) groups is 1. The zero-order valence-corrected chi connectivity index (χ0v) is 14.8. The van der Waals surface area contributed by atoms with E-state index in [-0.39, 0.29) is 17.0 Å². The van der Waals surface area contributed by atoms with Gasteiger partial charge in [0.15, 0.2) is 0 Å². The molecule has 6 nitrogen and oxygen atoms in total. The summed E-state index contributed by atoms with van der Waals surface area (Å²) >= 11 is 0. The fraction of sp³-hybridized carbons (Fsp3) is 0.0455. The van der Waals surface area contributed by atoms with Crippen molar-refractivity contribution < 1.29 is 9.90 Å². The average molecular weight is 371 g/mol. The second-order valence-corrected chi connectivity index (χ2v) is 6.34. The van der Waals surface area contributed by atoms with Gasteiger partial charge in [0.2, 0.25) is 0 Å². The van der Waals surface area contributed by atoms with Crippen molar-refractivity contribution in [2.45, 2.75) is 6.04 Å². The van der Waals surface area contributed by atoms with E-state index in [1.54, 1.807) is 6.07 Å². The van der Waals surface area contributed by atoms with Gasteiger partial charge >= 0.3 is 0 Å². The Morgan fingerprint density at radius 3 is 2.43 bits per heavy atom. The molecule has 1 heterocycles. The van der Waals surface area contributed by atoms with Crippen LogP contribution in [0, 0.1) is 0 Å². The molecule has 1 amide bonds. The summed E-state index contributed by atoms with van der Waals surface area (Å²) in [5.74, 6) is -0.375. The van der Waals surface area contributed by atoms with Gasteiger partial charge in [-0.3, -0.25) is 9.59 Å². The Bertz CT molecular complexity index is 1180. The summed E-state index contributed by atoms with van der Waals surface area (Å²) < 4.78 is 0. The lowest BCUT2D eigenvalue weighted by Crippen LogP contribution is -2.31. The van der Waals surface area contributed by atoms with E-state index in [1.165, 1.54) is 12.1 Å². The van der Waals surface area contributed by atoms with Crippen LogP contribution in [0.15, 0.2) is 83.7 Å². The van der Waals surface area contributed by atoms with Crippen LogP contribution in [0.3, 0.4) is 0 Å². The van der Waals surface area contributed by atoms with E-state index in [4.69, 9.17) is 0 Å². The summed E-state index contributed by atoms with van der Waals surface area (Å²) in [6.45, 7) is 0. The van der Waals surface area contributed by atoms with Crippen LogP contribution in [-0.2, 0) is 0 Å². The lowest BCUT2D eigenvalue weighted by atomic mass is 9.92. The second-order valence-electron chi connectivity index (χ2n) is 6.34. The lowest BCUT2D eigenvalue weighted by Gasteiger charge is -2.22. The Labute approximate surface area is 160 Å². The third-order valence-corrected chi connectivity index (χ3v) is 4.56. The van der Waals surface area contributed by atoms with Crippen molar-refractivity contribution in [1.29, 1.82) is 0 Å². The van der Waals surface area contributed by atoms with Crippen molar-refractivity contribution in [3.63, 3.8) is 0 Å². The van der Waals surface area contributed by atoms with E-state index in [1.807, 2.05) is 60.7 Å². The highest BCUT2D eigenvalue weighted by Gasteiger charge is 2.23. The molecule has 0 saturated heterocycles. The number of phenols is 1. The SMILES string of the molecule is O=C(NC(c1ccccc1)c1c(O)ccc2ccccc12)c1ccc(=O)[nH]n1. The summed E-state index contributed by atoms with van der Waals surface area (Å²) in [6.07, 6.45) is 0. The third-order valence-electron chi connectivity index (χ3n) is 4.56. The highest BCUT2D eigenvalue weighted by Crippen LogP contribution is 2.35. The molecule has 28 heavy (non-hydrogen) atoms. The average Bonchev–Trinajstić information content (AvgIpc) is 2.73. The van der Waals surface area contributed by atoms with Gasteiger partial charge in [0.25, 0.3) is 11.5 Å². The molecular formula is C22H17N3O3. The number of nitrogens with zero attached hydrogens (tertiary/aromatic N) is 1. The summed E-state index contributed by atoms with van der Waals surface area (Å²) in [7, 11) is 0. The molecule has 0 fully saturated rings. The minimum Gasteiger partial charge on any atom is -0.508 e. The Kier molecular flexibility index (Phi) is 4.60. The molecule has 138 valence electrons. The first-order chi connectivity index (χ1) is 13.6. The highest BCUT2D eigenvalue weighted by molar-refractivity contribution is 5.94. The van der Waals surface area contributed by atoms with Crippen LogP contribution in [0.2, 0.25) is 0 Å². The maximum Gasteiger partial charge on any atom is 0.272 e. The summed E-state index contributed by atoms with van der Waals surface area (Å²) in [6, 6.07) is 22.5. The molecule has 0 aliphatic rings. The molecule has 0 spiro atoms. The van der Waals surface area contributed by atoms with Crippen LogP contribution >= 0.6 is 0 Å². The van der Waals surface area contributed by atoms with Gasteiger partial charge in [-0.25, -0.2) is 5.10 Å². The monoisotopic (exact) mass is 371 g/mol. The van der Waals surface area contributed by atoms with Crippen LogP contribution in [0.4, 0.5) is 0 Å². The Morgan fingerprint density at radius 2 is 1.68 bits per heavy atom. The predicted octanol–water partition coefficient (Wildman–Crippen LogP) is 3.15. The number of benzene rings is 3. The summed E-state index contributed by atoms with van der Waals surface area (Å²) in [4.78, 5) is 24.0. The minimum atomic E-state index is -0.603. The van der Waals surface area contributed by atoms with E-state index in [2.05, 4.69) is 15.5 Å². The molecule has 1 aromatic heterocycles. The Hall–Kier alpha value is -3.93. The number of nitrogens with one attached hydrogen (secondary N) is 2. The van der Waals surface area contributed by atoms with Gasteiger partial charge < -0.3 is 10.4 Å². The molecule has 4 aromatic rings.